The first-order valence-electron chi connectivity index (χ1n) is 6.04. The number of hydrogen-bond acceptors (Lipinski definition) is 2. The highest BCUT2D eigenvalue weighted by Crippen LogP contribution is 2.13. The third kappa shape index (κ3) is 3.81. The van der Waals surface area contributed by atoms with Gasteiger partial charge in [0, 0.05) is 12.1 Å². The fraction of sp³-hybridized carbons (Fsp3) is 0.133. The molecule has 2 rings (SSSR count). The van der Waals surface area contributed by atoms with Crippen molar-refractivity contribution in [1.82, 2.24) is 0 Å². The van der Waals surface area contributed by atoms with Crippen molar-refractivity contribution in [2.75, 3.05) is 11.1 Å². The Morgan fingerprint density at radius 2 is 1.79 bits per heavy atom. The summed E-state index contributed by atoms with van der Waals surface area (Å²) >= 11 is 0. The number of carbonyl (C=O) groups is 1. The largest absolute Gasteiger partial charge is 0.399 e. The van der Waals surface area contributed by atoms with Gasteiger partial charge in [-0.3, -0.25) is 4.79 Å². The third-order valence-electron chi connectivity index (χ3n) is 2.77. The highest BCUT2D eigenvalue weighted by Gasteiger charge is 2.06. The number of nitrogens with one attached hydrogen (secondary N) is 1. The van der Waals surface area contributed by atoms with Crippen LogP contribution in [0.3, 0.4) is 0 Å². The van der Waals surface area contributed by atoms with Crippen molar-refractivity contribution >= 4 is 17.3 Å². The van der Waals surface area contributed by atoms with Gasteiger partial charge in [0.05, 0.1) is 5.69 Å². The SMILES string of the molecule is Nc1ccc(CCC(=O)Nc2ccccc2F)cc1. The smallest absolute Gasteiger partial charge is 0.224 e. The lowest BCUT2D eigenvalue weighted by molar-refractivity contribution is -0.116. The van der Waals surface area contributed by atoms with Crippen molar-refractivity contribution in [2.24, 2.45) is 0 Å². The molecule has 3 nitrogen and oxygen atoms in total. The summed E-state index contributed by atoms with van der Waals surface area (Å²) in [5.41, 5.74) is 7.51. The Labute approximate surface area is 111 Å². The van der Waals surface area contributed by atoms with E-state index in [0.29, 0.717) is 18.5 Å². The first-order valence-corrected chi connectivity index (χ1v) is 6.04. The van der Waals surface area contributed by atoms with E-state index in [1.807, 2.05) is 12.1 Å². The first-order chi connectivity index (χ1) is 9.15. The van der Waals surface area contributed by atoms with E-state index in [1.54, 1.807) is 24.3 Å². The molecule has 0 aliphatic heterocycles. The van der Waals surface area contributed by atoms with Crippen LogP contribution in [0.15, 0.2) is 48.5 Å². The van der Waals surface area contributed by atoms with Gasteiger partial charge >= 0.3 is 0 Å². The first kappa shape index (κ1) is 13.1. The number of para-hydroxylation sites is 1. The molecule has 98 valence electrons. The molecule has 2 aromatic rings. The summed E-state index contributed by atoms with van der Waals surface area (Å²) in [5, 5.41) is 2.55. The van der Waals surface area contributed by atoms with E-state index < -0.39 is 5.82 Å². The predicted octanol–water partition coefficient (Wildman–Crippen LogP) is 2.98. The van der Waals surface area contributed by atoms with Crippen LogP contribution in [-0.4, -0.2) is 5.91 Å². The molecule has 0 heterocycles. The van der Waals surface area contributed by atoms with Crippen molar-refractivity contribution in [3.8, 4) is 0 Å². The molecule has 19 heavy (non-hydrogen) atoms. The zero-order valence-corrected chi connectivity index (χ0v) is 10.4. The Bertz CT molecular complexity index is 567. The molecule has 0 saturated heterocycles. The van der Waals surface area contributed by atoms with Gasteiger partial charge in [0.1, 0.15) is 5.82 Å². The Morgan fingerprint density at radius 1 is 1.11 bits per heavy atom. The molecular weight excluding hydrogens is 243 g/mol. The molecule has 0 unspecified atom stereocenters. The minimum Gasteiger partial charge on any atom is -0.399 e. The van der Waals surface area contributed by atoms with E-state index in [2.05, 4.69) is 5.32 Å². The van der Waals surface area contributed by atoms with Gasteiger partial charge in [-0.1, -0.05) is 24.3 Å². The number of carbonyl (C=O) groups excluding carboxylic acids is 1. The lowest BCUT2D eigenvalue weighted by Crippen LogP contribution is -2.13. The van der Waals surface area contributed by atoms with Crippen molar-refractivity contribution in [1.29, 1.82) is 0 Å². The van der Waals surface area contributed by atoms with Crippen LogP contribution < -0.4 is 11.1 Å². The average molecular weight is 258 g/mol. The lowest BCUT2D eigenvalue weighted by atomic mass is 10.1. The van der Waals surface area contributed by atoms with Crippen LogP contribution in [0.25, 0.3) is 0 Å². The van der Waals surface area contributed by atoms with Crippen LogP contribution in [-0.2, 0) is 11.2 Å². The molecule has 0 aliphatic carbocycles. The van der Waals surface area contributed by atoms with Gasteiger partial charge in [0.2, 0.25) is 5.91 Å². The molecule has 0 spiro atoms. The average Bonchev–Trinajstić information content (AvgIpc) is 2.41. The third-order valence-corrected chi connectivity index (χ3v) is 2.77. The summed E-state index contributed by atoms with van der Waals surface area (Å²) in [6.45, 7) is 0. The second-order valence-corrected chi connectivity index (χ2v) is 4.27. The van der Waals surface area contributed by atoms with Crippen LogP contribution in [0, 0.1) is 5.82 Å². The van der Waals surface area contributed by atoms with Gasteiger partial charge in [-0.05, 0) is 36.2 Å². The number of nitrogens with two attached hydrogens (primary N) is 1. The standard InChI is InChI=1S/C15H15FN2O/c16-13-3-1-2-4-14(13)18-15(19)10-7-11-5-8-12(17)9-6-11/h1-6,8-9H,7,10,17H2,(H,18,19). The van der Waals surface area contributed by atoms with E-state index in [4.69, 9.17) is 5.73 Å². The van der Waals surface area contributed by atoms with Gasteiger partial charge < -0.3 is 11.1 Å². The maximum Gasteiger partial charge on any atom is 0.224 e. The highest BCUT2D eigenvalue weighted by atomic mass is 19.1. The molecule has 0 radical (unpaired) electrons. The number of nitrogen functional groups attached to an aromatic ring is 1. The Balaban J connectivity index is 1.88. The predicted molar refractivity (Wildman–Crippen MR) is 74.2 cm³/mol. The summed E-state index contributed by atoms with van der Waals surface area (Å²) in [6.07, 6.45) is 0.902. The summed E-state index contributed by atoms with van der Waals surface area (Å²) in [5.74, 6) is -0.634. The molecule has 2 aromatic carbocycles. The fourth-order valence-corrected chi connectivity index (χ4v) is 1.72. The molecule has 0 atom stereocenters. The van der Waals surface area contributed by atoms with Crippen LogP contribution in [0.5, 0.6) is 0 Å². The summed E-state index contributed by atoms with van der Waals surface area (Å²) in [7, 11) is 0. The molecule has 3 N–H and O–H groups in total. The summed E-state index contributed by atoms with van der Waals surface area (Å²) in [4.78, 5) is 11.7. The zero-order valence-electron chi connectivity index (χ0n) is 10.4. The number of aryl methyl sites for hydroxylation is 1. The Kier molecular flexibility index (Phi) is 4.13. The van der Waals surface area contributed by atoms with E-state index in [1.165, 1.54) is 12.1 Å². The maximum absolute atomic E-state index is 13.3. The lowest BCUT2D eigenvalue weighted by Gasteiger charge is -2.06. The zero-order chi connectivity index (χ0) is 13.7. The van der Waals surface area contributed by atoms with Crippen LogP contribution in [0.1, 0.15) is 12.0 Å². The molecule has 1 amide bonds. The van der Waals surface area contributed by atoms with Crippen LogP contribution in [0.2, 0.25) is 0 Å². The highest BCUT2D eigenvalue weighted by molar-refractivity contribution is 5.90. The molecule has 0 saturated carbocycles. The molecule has 0 aliphatic rings. The number of anilines is 2. The van der Waals surface area contributed by atoms with E-state index in [0.717, 1.165) is 5.56 Å². The Hall–Kier alpha value is -2.36. The number of hydrogen-bond donors (Lipinski definition) is 2. The minimum atomic E-state index is -0.427. The summed E-state index contributed by atoms with van der Waals surface area (Å²) < 4.78 is 13.3. The number of rotatable bonds is 4. The van der Waals surface area contributed by atoms with Gasteiger partial charge in [0.25, 0.3) is 0 Å². The van der Waals surface area contributed by atoms with E-state index >= 15 is 0 Å². The maximum atomic E-state index is 13.3. The van der Waals surface area contributed by atoms with Crippen molar-refractivity contribution < 1.29 is 9.18 Å². The van der Waals surface area contributed by atoms with Gasteiger partial charge in [-0.15, -0.1) is 0 Å². The second kappa shape index (κ2) is 6.00. The molecule has 4 heteroatoms. The minimum absolute atomic E-state index is 0.207. The quantitative estimate of drug-likeness (QED) is 0.828. The van der Waals surface area contributed by atoms with E-state index in [9.17, 15) is 9.18 Å². The fourth-order valence-electron chi connectivity index (χ4n) is 1.72. The molecule has 0 fully saturated rings. The second-order valence-electron chi connectivity index (χ2n) is 4.27. The van der Waals surface area contributed by atoms with Crippen LogP contribution in [0.4, 0.5) is 15.8 Å². The Morgan fingerprint density at radius 3 is 2.47 bits per heavy atom. The molecular formula is C15H15FN2O. The molecule has 0 bridgehead atoms. The van der Waals surface area contributed by atoms with E-state index in [-0.39, 0.29) is 11.6 Å². The van der Waals surface area contributed by atoms with Gasteiger partial charge in [-0.2, -0.15) is 0 Å². The van der Waals surface area contributed by atoms with Crippen molar-refractivity contribution in [3.05, 3.63) is 59.9 Å². The topological polar surface area (TPSA) is 55.1 Å². The normalized spacial score (nSPS) is 10.2. The number of halogens is 1. The number of amides is 1. The van der Waals surface area contributed by atoms with Crippen molar-refractivity contribution in [2.45, 2.75) is 12.8 Å². The molecule has 0 aromatic heterocycles. The van der Waals surface area contributed by atoms with Crippen molar-refractivity contribution in [3.63, 3.8) is 0 Å². The van der Waals surface area contributed by atoms with Gasteiger partial charge in [0.15, 0.2) is 0 Å². The number of benzene rings is 2. The van der Waals surface area contributed by atoms with Crippen LogP contribution >= 0.6 is 0 Å². The summed E-state index contributed by atoms with van der Waals surface area (Å²) in [6, 6.07) is 13.5. The van der Waals surface area contributed by atoms with Gasteiger partial charge in [-0.25, -0.2) is 4.39 Å². The monoisotopic (exact) mass is 258 g/mol.